The first kappa shape index (κ1) is 13.5. The van der Waals surface area contributed by atoms with Crippen LogP contribution in [-0.4, -0.2) is 5.11 Å². The average Bonchev–Trinajstić information content (AvgIpc) is 2.42. The summed E-state index contributed by atoms with van der Waals surface area (Å²) in [5.74, 6) is -0.320. The van der Waals surface area contributed by atoms with Crippen molar-refractivity contribution in [3.8, 4) is 0 Å². The minimum atomic E-state index is -0.320. The number of hydrogen-bond acceptors (Lipinski definition) is 1. The minimum Gasteiger partial charge on any atom is -0.356 e. The Hall–Kier alpha value is -1.94. The lowest BCUT2D eigenvalue weighted by molar-refractivity contribution is 0.631. The zero-order valence-corrected chi connectivity index (χ0v) is 11.4. The van der Waals surface area contributed by atoms with Crippen molar-refractivity contribution in [1.82, 2.24) is 5.32 Å². The fourth-order valence-corrected chi connectivity index (χ4v) is 2.03. The molecule has 0 fully saturated rings. The van der Waals surface area contributed by atoms with Crippen molar-refractivity contribution >= 4 is 23.0 Å². The Morgan fingerprint density at radius 1 is 1.05 bits per heavy atom. The van der Waals surface area contributed by atoms with Gasteiger partial charge in [0.15, 0.2) is 5.11 Å². The van der Waals surface area contributed by atoms with E-state index in [-0.39, 0.29) is 11.9 Å². The largest absolute Gasteiger partial charge is 0.356 e. The van der Waals surface area contributed by atoms with Crippen LogP contribution in [0.2, 0.25) is 0 Å². The minimum absolute atomic E-state index is 0.0629. The smallest absolute Gasteiger partial charge is 0.171 e. The Kier molecular flexibility index (Phi) is 4.47. The van der Waals surface area contributed by atoms with Crippen molar-refractivity contribution in [1.29, 1.82) is 0 Å². The molecule has 0 aliphatic heterocycles. The number of para-hydroxylation sites is 1. The number of halogens is 1. The monoisotopic (exact) mass is 274 g/mol. The van der Waals surface area contributed by atoms with Crippen LogP contribution in [0.3, 0.4) is 0 Å². The van der Waals surface area contributed by atoms with Gasteiger partial charge in [0.05, 0.1) is 11.7 Å². The van der Waals surface area contributed by atoms with Gasteiger partial charge in [-0.05, 0) is 36.8 Å². The second-order valence-corrected chi connectivity index (χ2v) is 4.62. The number of hydrogen-bond donors (Lipinski definition) is 2. The van der Waals surface area contributed by atoms with E-state index in [0.29, 0.717) is 10.8 Å². The molecule has 2 nitrogen and oxygen atoms in total. The third-order valence-electron chi connectivity index (χ3n) is 2.77. The van der Waals surface area contributed by atoms with Crippen LogP contribution in [0.1, 0.15) is 18.5 Å². The summed E-state index contributed by atoms with van der Waals surface area (Å²) in [7, 11) is 0. The first-order chi connectivity index (χ1) is 9.16. The quantitative estimate of drug-likeness (QED) is 0.831. The molecule has 0 heterocycles. The van der Waals surface area contributed by atoms with E-state index < -0.39 is 0 Å². The fraction of sp³-hybridized carbons (Fsp3) is 0.133. The van der Waals surface area contributed by atoms with Crippen LogP contribution >= 0.6 is 12.2 Å². The van der Waals surface area contributed by atoms with Gasteiger partial charge in [-0.3, -0.25) is 0 Å². The van der Waals surface area contributed by atoms with E-state index in [1.54, 1.807) is 18.2 Å². The maximum absolute atomic E-state index is 13.5. The van der Waals surface area contributed by atoms with E-state index >= 15 is 0 Å². The first-order valence-electron chi connectivity index (χ1n) is 6.04. The molecule has 0 aliphatic carbocycles. The molecular formula is C15H15FN2S. The van der Waals surface area contributed by atoms with E-state index in [1.807, 2.05) is 37.3 Å². The Balaban J connectivity index is 1.97. The maximum Gasteiger partial charge on any atom is 0.171 e. The molecule has 0 unspecified atom stereocenters. The van der Waals surface area contributed by atoms with E-state index in [0.717, 1.165) is 5.56 Å². The second kappa shape index (κ2) is 6.29. The Morgan fingerprint density at radius 3 is 2.37 bits per heavy atom. The van der Waals surface area contributed by atoms with Gasteiger partial charge in [-0.25, -0.2) is 4.39 Å². The Labute approximate surface area is 117 Å². The summed E-state index contributed by atoms with van der Waals surface area (Å²) in [4.78, 5) is 0. The molecule has 0 amide bonds. The van der Waals surface area contributed by atoms with Crippen molar-refractivity contribution < 1.29 is 4.39 Å². The van der Waals surface area contributed by atoms with Crippen molar-refractivity contribution in [2.75, 3.05) is 5.32 Å². The van der Waals surface area contributed by atoms with Crippen molar-refractivity contribution in [2.24, 2.45) is 0 Å². The molecule has 19 heavy (non-hydrogen) atoms. The molecule has 2 N–H and O–H groups in total. The van der Waals surface area contributed by atoms with Crippen molar-refractivity contribution in [3.05, 3.63) is 66.0 Å². The Morgan fingerprint density at radius 2 is 1.68 bits per heavy atom. The maximum atomic E-state index is 13.5. The zero-order chi connectivity index (χ0) is 13.7. The highest BCUT2D eigenvalue weighted by atomic mass is 32.1. The molecule has 0 radical (unpaired) electrons. The molecule has 2 rings (SSSR count). The van der Waals surface area contributed by atoms with Gasteiger partial charge in [0, 0.05) is 0 Å². The highest BCUT2D eigenvalue weighted by Crippen LogP contribution is 2.14. The number of nitrogens with one attached hydrogen (secondary N) is 2. The van der Waals surface area contributed by atoms with Crippen LogP contribution in [-0.2, 0) is 0 Å². The fourth-order valence-electron chi connectivity index (χ4n) is 1.74. The average molecular weight is 274 g/mol. The molecule has 0 aliphatic rings. The number of thiocarbonyl (C=S) groups is 1. The van der Waals surface area contributed by atoms with E-state index in [9.17, 15) is 4.39 Å². The van der Waals surface area contributed by atoms with Crippen LogP contribution in [0.5, 0.6) is 0 Å². The summed E-state index contributed by atoms with van der Waals surface area (Å²) in [5, 5.41) is 6.39. The van der Waals surface area contributed by atoms with Crippen LogP contribution in [0, 0.1) is 5.82 Å². The van der Waals surface area contributed by atoms with Gasteiger partial charge in [0.2, 0.25) is 0 Å². The Bertz CT molecular complexity index is 557. The molecule has 0 saturated carbocycles. The van der Waals surface area contributed by atoms with Crippen LogP contribution in [0.25, 0.3) is 0 Å². The molecule has 0 aromatic heterocycles. The highest BCUT2D eigenvalue weighted by Gasteiger charge is 2.07. The molecule has 0 saturated heterocycles. The summed E-state index contributed by atoms with van der Waals surface area (Å²) in [6.45, 7) is 2.00. The molecule has 4 heteroatoms. The lowest BCUT2D eigenvalue weighted by Crippen LogP contribution is -2.31. The molecule has 0 spiro atoms. The van der Waals surface area contributed by atoms with Crippen molar-refractivity contribution in [2.45, 2.75) is 13.0 Å². The number of anilines is 1. The predicted octanol–water partition coefficient (Wildman–Crippen LogP) is 3.87. The van der Waals surface area contributed by atoms with Gasteiger partial charge in [-0.1, -0.05) is 42.5 Å². The third-order valence-corrected chi connectivity index (χ3v) is 2.99. The van der Waals surface area contributed by atoms with Gasteiger partial charge in [-0.15, -0.1) is 0 Å². The predicted molar refractivity (Wildman–Crippen MR) is 80.6 cm³/mol. The van der Waals surface area contributed by atoms with E-state index in [1.165, 1.54) is 6.07 Å². The third kappa shape index (κ3) is 3.76. The SMILES string of the molecule is C[C@@H](NC(=S)Nc1ccccc1F)c1ccccc1. The molecule has 2 aromatic rings. The van der Waals surface area contributed by atoms with Gasteiger partial charge in [0.25, 0.3) is 0 Å². The van der Waals surface area contributed by atoms with Crippen LogP contribution in [0.4, 0.5) is 10.1 Å². The molecule has 0 bridgehead atoms. The highest BCUT2D eigenvalue weighted by molar-refractivity contribution is 7.80. The van der Waals surface area contributed by atoms with Gasteiger partial charge in [0.1, 0.15) is 5.82 Å². The summed E-state index contributed by atoms with van der Waals surface area (Å²) >= 11 is 5.18. The lowest BCUT2D eigenvalue weighted by Gasteiger charge is -2.17. The van der Waals surface area contributed by atoms with Crippen molar-refractivity contribution in [3.63, 3.8) is 0 Å². The molecule has 2 aromatic carbocycles. The lowest BCUT2D eigenvalue weighted by atomic mass is 10.1. The molecule has 1 atom stereocenters. The molecule has 98 valence electrons. The summed E-state index contributed by atoms with van der Waals surface area (Å²) in [6, 6.07) is 16.5. The van der Waals surface area contributed by atoms with Crippen LogP contribution in [0.15, 0.2) is 54.6 Å². The normalized spacial score (nSPS) is 11.7. The second-order valence-electron chi connectivity index (χ2n) is 4.21. The summed E-state index contributed by atoms with van der Waals surface area (Å²) in [5.41, 5.74) is 1.50. The van der Waals surface area contributed by atoms with Gasteiger partial charge < -0.3 is 10.6 Å². The van der Waals surface area contributed by atoms with E-state index in [4.69, 9.17) is 12.2 Å². The standard InChI is InChI=1S/C15H15FN2S/c1-11(12-7-3-2-4-8-12)17-15(19)18-14-10-6-5-9-13(14)16/h2-11H,1H3,(H2,17,18,19)/t11-/m1/s1. The number of benzene rings is 2. The zero-order valence-electron chi connectivity index (χ0n) is 10.6. The van der Waals surface area contributed by atoms with Gasteiger partial charge >= 0.3 is 0 Å². The summed E-state index contributed by atoms with van der Waals surface area (Å²) < 4.78 is 13.5. The van der Waals surface area contributed by atoms with Crippen LogP contribution < -0.4 is 10.6 Å². The number of rotatable bonds is 3. The topological polar surface area (TPSA) is 24.1 Å². The summed E-state index contributed by atoms with van der Waals surface area (Å²) in [6.07, 6.45) is 0. The molecular weight excluding hydrogens is 259 g/mol. The van der Waals surface area contributed by atoms with E-state index in [2.05, 4.69) is 10.6 Å². The first-order valence-corrected chi connectivity index (χ1v) is 6.44. The van der Waals surface area contributed by atoms with Gasteiger partial charge in [-0.2, -0.15) is 0 Å².